The maximum atomic E-state index is 13.8. The molecule has 7 nitrogen and oxygen atoms in total. The number of aryl methyl sites for hydroxylation is 1. The Kier molecular flexibility index (Phi) is 6.74. The third-order valence-electron chi connectivity index (χ3n) is 5.47. The first kappa shape index (κ1) is 24.2. The average molecular weight is 498 g/mol. The van der Waals surface area contributed by atoms with E-state index in [1.54, 1.807) is 13.2 Å². The molecule has 4 rings (SSSR count). The van der Waals surface area contributed by atoms with E-state index in [9.17, 15) is 23.2 Å². The highest BCUT2D eigenvalue weighted by molar-refractivity contribution is 8.18. The highest BCUT2D eigenvalue weighted by atomic mass is 32.2. The number of imide groups is 1. The van der Waals surface area contributed by atoms with Crippen molar-refractivity contribution in [3.05, 3.63) is 82.0 Å². The summed E-state index contributed by atoms with van der Waals surface area (Å²) < 4.78 is 34.1. The van der Waals surface area contributed by atoms with Gasteiger partial charge < -0.3 is 14.6 Å². The van der Waals surface area contributed by atoms with Crippen LogP contribution in [0, 0.1) is 25.5 Å². The molecule has 0 spiro atoms. The smallest absolute Gasteiger partial charge is 0.294 e. The van der Waals surface area contributed by atoms with Crippen molar-refractivity contribution in [1.82, 2.24) is 9.47 Å². The highest BCUT2D eigenvalue weighted by Crippen LogP contribution is 2.34. The number of rotatable bonds is 6. The molecule has 1 aliphatic heterocycles. The van der Waals surface area contributed by atoms with E-state index in [0.717, 1.165) is 57.2 Å². The Morgan fingerprint density at radius 2 is 1.80 bits per heavy atom. The first-order chi connectivity index (χ1) is 16.7. The number of ether oxygens (including phenoxy) is 1. The molecule has 0 atom stereocenters. The van der Waals surface area contributed by atoms with Crippen LogP contribution in [0.2, 0.25) is 0 Å². The van der Waals surface area contributed by atoms with E-state index in [-0.39, 0.29) is 10.6 Å². The summed E-state index contributed by atoms with van der Waals surface area (Å²) in [5, 5.41) is 1.64. The molecule has 1 saturated heterocycles. The van der Waals surface area contributed by atoms with Gasteiger partial charge in [-0.25, -0.2) is 8.78 Å². The molecule has 0 bridgehead atoms. The molecule has 1 fully saturated rings. The fourth-order valence-electron chi connectivity index (χ4n) is 3.76. The van der Waals surface area contributed by atoms with Crippen LogP contribution in [0.25, 0.3) is 11.8 Å². The van der Waals surface area contributed by atoms with Crippen molar-refractivity contribution in [2.24, 2.45) is 0 Å². The minimum atomic E-state index is -0.959. The molecule has 2 aromatic carbocycles. The van der Waals surface area contributed by atoms with Crippen molar-refractivity contribution in [2.45, 2.75) is 13.8 Å². The van der Waals surface area contributed by atoms with Crippen molar-refractivity contribution < 1.29 is 27.9 Å². The van der Waals surface area contributed by atoms with E-state index >= 15 is 0 Å². The number of amides is 3. The number of carbonyl (C=O) groups excluding carboxylic acids is 3. The Morgan fingerprint density at radius 3 is 2.46 bits per heavy atom. The lowest BCUT2D eigenvalue weighted by atomic mass is 10.2. The number of anilines is 1. The molecule has 35 heavy (non-hydrogen) atoms. The van der Waals surface area contributed by atoms with Crippen LogP contribution in [0.15, 0.2) is 53.4 Å². The van der Waals surface area contributed by atoms with Crippen LogP contribution in [0.1, 0.15) is 17.0 Å². The van der Waals surface area contributed by atoms with Gasteiger partial charge in [0.15, 0.2) is 0 Å². The number of halogens is 2. The third kappa shape index (κ3) is 4.97. The molecule has 0 aliphatic carbocycles. The highest BCUT2D eigenvalue weighted by Gasteiger charge is 2.36. The van der Waals surface area contributed by atoms with Gasteiger partial charge in [0.2, 0.25) is 5.91 Å². The van der Waals surface area contributed by atoms with Crippen molar-refractivity contribution in [3.63, 3.8) is 0 Å². The molecular weight excluding hydrogens is 476 g/mol. The lowest BCUT2D eigenvalue weighted by molar-refractivity contribution is -0.127. The number of thioether (sulfide) groups is 1. The molecule has 1 N–H and O–H groups in total. The maximum Gasteiger partial charge on any atom is 0.294 e. The van der Waals surface area contributed by atoms with Gasteiger partial charge >= 0.3 is 0 Å². The number of methoxy groups -OCH3 is 1. The minimum absolute atomic E-state index is 0.172. The van der Waals surface area contributed by atoms with E-state index in [1.165, 1.54) is 0 Å². The number of benzene rings is 2. The number of carbonyl (C=O) groups is 3. The van der Waals surface area contributed by atoms with Crippen LogP contribution in [0.4, 0.5) is 19.3 Å². The Bertz CT molecular complexity index is 1370. The van der Waals surface area contributed by atoms with Gasteiger partial charge in [-0.3, -0.25) is 19.3 Å². The standard InChI is InChI=1S/C25H21F2N3O4S/c1-14-10-16(15(2)30(14)18-5-7-19(34-3)8-6-18)11-22-24(32)29(25(33)35-22)13-23(31)28-21-9-4-17(26)12-20(21)27/h4-12H,13H2,1-3H3,(H,28,31)/b22-11-. The largest absolute Gasteiger partial charge is 0.497 e. The summed E-state index contributed by atoms with van der Waals surface area (Å²) in [7, 11) is 1.59. The average Bonchev–Trinajstić information content (AvgIpc) is 3.24. The van der Waals surface area contributed by atoms with Gasteiger partial charge in [-0.1, -0.05) is 0 Å². The Hall–Kier alpha value is -3.92. The van der Waals surface area contributed by atoms with Gasteiger partial charge in [-0.2, -0.15) is 0 Å². The Labute approximate surface area is 204 Å². The minimum Gasteiger partial charge on any atom is -0.497 e. The number of nitrogens with one attached hydrogen (secondary N) is 1. The Morgan fingerprint density at radius 1 is 1.09 bits per heavy atom. The first-order valence-electron chi connectivity index (χ1n) is 10.5. The maximum absolute atomic E-state index is 13.8. The number of hydrogen-bond acceptors (Lipinski definition) is 5. The summed E-state index contributed by atoms with van der Waals surface area (Å²) in [5.74, 6) is -2.42. The SMILES string of the molecule is COc1ccc(-n2c(C)cc(/C=C3\SC(=O)N(CC(=O)Nc4ccc(F)cc4F)C3=O)c2C)cc1. The van der Waals surface area contributed by atoms with Crippen molar-refractivity contribution in [1.29, 1.82) is 0 Å². The van der Waals surface area contributed by atoms with Gasteiger partial charge in [-0.05, 0) is 79.7 Å². The second kappa shape index (κ2) is 9.75. The summed E-state index contributed by atoms with van der Waals surface area (Å²) >= 11 is 0.724. The van der Waals surface area contributed by atoms with Gasteiger partial charge in [0.05, 0.1) is 17.7 Å². The monoisotopic (exact) mass is 497 g/mol. The molecule has 3 aromatic rings. The number of hydrogen-bond donors (Lipinski definition) is 1. The zero-order valence-electron chi connectivity index (χ0n) is 19.1. The summed E-state index contributed by atoms with van der Waals surface area (Å²) in [6, 6.07) is 12.1. The van der Waals surface area contributed by atoms with E-state index in [2.05, 4.69) is 5.32 Å². The van der Waals surface area contributed by atoms with E-state index in [1.807, 2.05) is 48.7 Å². The normalized spacial score (nSPS) is 14.7. The summed E-state index contributed by atoms with van der Waals surface area (Å²) in [4.78, 5) is 38.6. The third-order valence-corrected chi connectivity index (χ3v) is 6.38. The summed E-state index contributed by atoms with van der Waals surface area (Å²) in [6.07, 6.45) is 1.62. The summed E-state index contributed by atoms with van der Waals surface area (Å²) in [6.45, 7) is 3.24. The van der Waals surface area contributed by atoms with Crippen LogP contribution in [0.5, 0.6) is 5.75 Å². The fourth-order valence-corrected chi connectivity index (χ4v) is 4.59. The van der Waals surface area contributed by atoms with E-state index in [4.69, 9.17) is 4.74 Å². The van der Waals surface area contributed by atoms with Gasteiger partial charge in [0, 0.05) is 23.1 Å². The van der Waals surface area contributed by atoms with Crippen LogP contribution < -0.4 is 10.1 Å². The van der Waals surface area contributed by atoms with Crippen LogP contribution >= 0.6 is 11.8 Å². The van der Waals surface area contributed by atoms with Crippen molar-refractivity contribution >= 4 is 40.6 Å². The van der Waals surface area contributed by atoms with E-state index in [0.29, 0.717) is 6.07 Å². The van der Waals surface area contributed by atoms with Gasteiger partial charge in [0.1, 0.15) is 23.9 Å². The quantitative estimate of drug-likeness (QED) is 0.482. The molecule has 0 saturated carbocycles. The zero-order chi connectivity index (χ0) is 25.3. The van der Waals surface area contributed by atoms with Crippen molar-refractivity contribution in [2.75, 3.05) is 19.0 Å². The predicted octanol–water partition coefficient (Wildman–Crippen LogP) is 5.06. The second-order valence-corrected chi connectivity index (χ2v) is 8.79. The molecule has 1 aromatic heterocycles. The molecule has 10 heteroatoms. The van der Waals surface area contributed by atoms with Crippen LogP contribution in [0.3, 0.4) is 0 Å². The topological polar surface area (TPSA) is 80.6 Å². The lowest BCUT2D eigenvalue weighted by Crippen LogP contribution is -2.36. The predicted molar refractivity (Wildman–Crippen MR) is 129 cm³/mol. The second-order valence-electron chi connectivity index (χ2n) is 7.80. The molecule has 180 valence electrons. The van der Waals surface area contributed by atoms with Crippen LogP contribution in [-0.2, 0) is 9.59 Å². The molecule has 3 amide bonds. The lowest BCUT2D eigenvalue weighted by Gasteiger charge is -2.12. The summed E-state index contributed by atoms with van der Waals surface area (Å²) in [5.41, 5.74) is 3.22. The van der Waals surface area contributed by atoms with Gasteiger partial charge in [0.25, 0.3) is 11.1 Å². The van der Waals surface area contributed by atoms with E-state index < -0.39 is 35.2 Å². The molecule has 1 aliphatic rings. The molecule has 0 unspecified atom stereocenters. The first-order valence-corrected chi connectivity index (χ1v) is 11.3. The number of nitrogens with zero attached hydrogens (tertiary/aromatic N) is 2. The molecule has 2 heterocycles. The van der Waals surface area contributed by atoms with Gasteiger partial charge in [-0.15, -0.1) is 0 Å². The Balaban J connectivity index is 1.52. The fraction of sp³-hybridized carbons (Fsp3) is 0.160. The molecule has 0 radical (unpaired) electrons. The zero-order valence-corrected chi connectivity index (χ0v) is 19.9. The van der Waals surface area contributed by atoms with Crippen molar-refractivity contribution in [3.8, 4) is 11.4 Å². The molecular formula is C25H21F2N3O4S. The number of aromatic nitrogens is 1. The van der Waals surface area contributed by atoms with Crippen LogP contribution in [-0.4, -0.2) is 40.2 Å².